The molecule has 1 saturated carbocycles. The molecule has 7 atom stereocenters. The van der Waals surface area contributed by atoms with Crippen molar-refractivity contribution in [2.24, 2.45) is 11.3 Å². The monoisotopic (exact) mass is 484 g/mol. The highest BCUT2D eigenvalue weighted by atomic mass is 16.5. The molecule has 1 saturated heterocycles. The van der Waals surface area contributed by atoms with E-state index in [9.17, 15) is 10.2 Å². The molecule has 5 nitrogen and oxygen atoms in total. The molecule has 7 unspecified atom stereocenters. The van der Waals surface area contributed by atoms with Gasteiger partial charge in [-0.15, -0.1) is 0 Å². The van der Waals surface area contributed by atoms with Crippen LogP contribution >= 0.6 is 0 Å². The Kier molecular flexibility index (Phi) is 4.69. The van der Waals surface area contributed by atoms with Gasteiger partial charge in [-0.05, 0) is 86.9 Å². The number of aromatic nitrogens is 1. The van der Waals surface area contributed by atoms with Gasteiger partial charge in [0.2, 0.25) is 0 Å². The molecular weight excluding hydrogens is 448 g/mol. The first-order chi connectivity index (χ1) is 17.2. The van der Waals surface area contributed by atoms with Crippen molar-refractivity contribution in [2.75, 3.05) is 14.1 Å². The predicted molar refractivity (Wildman–Crippen MR) is 141 cm³/mol. The van der Waals surface area contributed by atoms with Crippen molar-refractivity contribution in [1.29, 1.82) is 0 Å². The van der Waals surface area contributed by atoms with Gasteiger partial charge in [0.25, 0.3) is 0 Å². The van der Waals surface area contributed by atoms with E-state index in [4.69, 9.17) is 4.74 Å². The molecule has 5 heteroatoms. The molecule has 2 spiro atoms. The van der Waals surface area contributed by atoms with Crippen LogP contribution in [-0.4, -0.2) is 63.6 Å². The van der Waals surface area contributed by atoms with E-state index in [1.54, 1.807) is 0 Å². The van der Waals surface area contributed by atoms with E-state index < -0.39 is 17.8 Å². The molecule has 2 N–H and O–H groups in total. The molecule has 3 aliphatic carbocycles. The van der Waals surface area contributed by atoms with E-state index in [0.717, 1.165) is 37.7 Å². The fourth-order valence-electron chi connectivity index (χ4n) is 8.77. The third-order valence-electron chi connectivity index (χ3n) is 10.4. The minimum atomic E-state index is -0.892. The maximum Gasteiger partial charge on any atom is 0.105 e. The van der Waals surface area contributed by atoms with E-state index in [0.29, 0.717) is 5.92 Å². The predicted octanol–water partition coefficient (Wildman–Crippen LogP) is 4.65. The van der Waals surface area contributed by atoms with Crippen molar-refractivity contribution in [3.63, 3.8) is 0 Å². The molecule has 2 bridgehead atoms. The minimum absolute atomic E-state index is 0.0394. The SMILES string of the molecule is CC1=C2C=C3C(O)C(O)C(N(C)C)CC34CCC2(O4)C2CC=C(c3cccc4ccncc34)C2(C)C1. The first kappa shape index (κ1) is 22.9. The van der Waals surface area contributed by atoms with Crippen LogP contribution in [0.15, 0.2) is 65.5 Å². The zero-order chi connectivity index (χ0) is 25.0. The molecule has 3 heterocycles. The highest BCUT2D eigenvalue weighted by molar-refractivity contribution is 5.95. The summed E-state index contributed by atoms with van der Waals surface area (Å²) < 4.78 is 7.33. The van der Waals surface area contributed by atoms with Gasteiger partial charge >= 0.3 is 0 Å². The Bertz CT molecular complexity index is 1370. The number of hydrogen-bond donors (Lipinski definition) is 2. The molecule has 2 aliphatic heterocycles. The smallest absolute Gasteiger partial charge is 0.105 e. The van der Waals surface area contributed by atoms with Crippen LogP contribution in [-0.2, 0) is 4.74 Å². The van der Waals surface area contributed by atoms with E-state index in [1.807, 2.05) is 31.4 Å². The first-order valence-electron chi connectivity index (χ1n) is 13.4. The lowest BCUT2D eigenvalue weighted by Gasteiger charge is -2.56. The lowest BCUT2D eigenvalue weighted by atomic mass is 9.56. The second-order valence-electron chi connectivity index (χ2n) is 12.4. The number of aliphatic hydroxyl groups excluding tert-OH is 2. The van der Waals surface area contributed by atoms with Gasteiger partial charge in [0.05, 0.1) is 17.3 Å². The summed E-state index contributed by atoms with van der Waals surface area (Å²) in [5, 5.41) is 24.6. The van der Waals surface area contributed by atoms with Crippen LogP contribution in [0.25, 0.3) is 16.3 Å². The molecule has 188 valence electrons. The number of nitrogens with zero attached hydrogens (tertiary/aromatic N) is 2. The number of allylic oxidation sites excluding steroid dienone is 3. The van der Waals surface area contributed by atoms with E-state index in [-0.39, 0.29) is 17.1 Å². The second-order valence-corrected chi connectivity index (χ2v) is 12.4. The molecule has 36 heavy (non-hydrogen) atoms. The fourth-order valence-corrected chi connectivity index (χ4v) is 8.77. The minimum Gasteiger partial charge on any atom is -0.388 e. The maximum atomic E-state index is 11.2. The van der Waals surface area contributed by atoms with Gasteiger partial charge in [0.1, 0.15) is 6.10 Å². The van der Waals surface area contributed by atoms with Crippen molar-refractivity contribution in [3.8, 4) is 0 Å². The lowest BCUT2D eigenvalue weighted by Crippen LogP contribution is -2.62. The largest absolute Gasteiger partial charge is 0.388 e. The summed E-state index contributed by atoms with van der Waals surface area (Å²) in [5.41, 5.74) is 5.33. The number of fused-ring (bicyclic) bond motifs is 2. The van der Waals surface area contributed by atoms with Crippen LogP contribution in [0.2, 0.25) is 0 Å². The van der Waals surface area contributed by atoms with E-state index in [1.165, 1.54) is 33.1 Å². The van der Waals surface area contributed by atoms with Gasteiger partial charge in [-0.3, -0.25) is 4.98 Å². The summed E-state index contributed by atoms with van der Waals surface area (Å²) in [7, 11) is 3.97. The molecular formula is C31H36N2O3. The van der Waals surface area contributed by atoms with Crippen LogP contribution in [0, 0.1) is 11.3 Å². The number of hydrogen-bond acceptors (Lipinski definition) is 5. The molecule has 1 aromatic heterocycles. The standard InChI is InChI=1S/C31H36N2O3/c1-18-15-29(2)22(20-7-5-6-19-10-13-32-17-21(19)20)8-9-26(29)31-12-11-30(36-31)16-25(33(3)4)28(35)27(34)24(30)14-23(18)31/h5-8,10,13-14,17,25-28,34-35H,9,11-12,15-16H2,1-4H3. The van der Waals surface area contributed by atoms with Gasteiger partial charge < -0.3 is 19.8 Å². The number of aliphatic hydroxyl groups is 2. The van der Waals surface area contributed by atoms with Crippen LogP contribution in [0.1, 0.15) is 51.5 Å². The number of pyridine rings is 1. The highest BCUT2D eigenvalue weighted by Gasteiger charge is 2.68. The van der Waals surface area contributed by atoms with Crippen LogP contribution in [0.4, 0.5) is 0 Å². The van der Waals surface area contributed by atoms with Crippen molar-refractivity contribution in [1.82, 2.24) is 9.88 Å². The molecule has 5 aliphatic rings. The van der Waals surface area contributed by atoms with E-state index >= 15 is 0 Å². The zero-order valence-electron chi connectivity index (χ0n) is 21.7. The van der Waals surface area contributed by atoms with Crippen molar-refractivity contribution in [2.45, 2.75) is 75.4 Å². The first-order valence-corrected chi connectivity index (χ1v) is 13.4. The molecule has 0 radical (unpaired) electrons. The quantitative estimate of drug-likeness (QED) is 0.650. The summed E-state index contributed by atoms with van der Waals surface area (Å²) in [6.07, 6.45) is 11.4. The second kappa shape index (κ2) is 7.38. The number of benzene rings is 1. The van der Waals surface area contributed by atoms with Gasteiger partial charge in [0.15, 0.2) is 0 Å². The molecule has 0 amide bonds. The fraction of sp³-hybridized carbons (Fsp3) is 0.516. The van der Waals surface area contributed by atoms with Crippen molar-refractivity contribution in [3.05, 3.63) is 71.1 Å². The topological polar surface area (TPSA) is 65.8 Å². The summed E-state index contributed by atoms with van der Waals surface area (Å²) in [4.78, 5) is 6.49. The van der Waals surface area contributed by atoms with Gasteiger partial charge in [0, 0.05) is 35.2 Å². The van der Waals surface area contributed by atoms with E-state index in [2.05, 4.69) is 55.2 Å². The van der Waals surface area contributed by atoms with Crippen LogP contribution in [0.3, 0.4) is 0 Å². The number of rotatable bonds is 2. The average Bonchev–Trinajstić information content (AvgIpc) is 3.36. The van der Waals surface area contributed by atoms with Gasteiger partial charge in [-0.1, -0.05) is 42.8 Å². The summed E-state index contributed by atoms with van der Waals surface area (Å²) in [6, 6.07) is 8.55. The lowest BCUT2D eigenvalue weighted by molar-refractivity contribution is -0.162. The third-order valence-corrected chi connectivity index (χ3v) is 10.4. The van der Waals surface area contributed by atoms with Crippen molar-refractivity contribution < 1.29 is 14.9 Å². The van der Waals surface area contributed by atoms with Gasteiger partial charge in [-0.2, -0.15) is 0 Å². The van der Waals surface area contributed by atoms with Gasteiger partial charge in [-0.25, -0.2) is 0 Å². The third kappa shape index (κ3) is 2.72. The molecule has 1 aromatic carbocycles. The Morgan fingerprint density at radius 2 is 1.97 bits per heavy atom. The Morgan fingerprint density at radius 1 is 1.14 bits per heavy atom. The summed E-state index contributed by atoms with van der Waals surface area (Å²) in [6.45, 7) is 4.69. The normalized spacial score (nSPS) is 41.2. The van der Waals surface area contributed by atoms with Crippen LogP contribution in [0.5, 0.6) is 0 Å². The van der Waals surface area contributed by atoms with Crippen LogP contribution < -0.4 is 0 Å². The molecule has 2 aromatic rings. The van der Waals surface area contributed by atoms with Crippen molar-refractivity contribution >= 4 is 16.3 Å². The number of likely N-dealkylation sites (N-methyl/N-ethyl adjacent to an activating group) is 1. The Hall–Kier alpha value is -2.31. The average molecular weight is 485 g/mol. The number of ether oxygens (including phenoxy) is 1. The Labute approximate surface area is 213 Å². The molecule has 2 fully saturated rings. The Balaban J connectivity index is 1.36. The maximum absolute atomic E-state index is 11.2. The molecule has 7 rings (SSSR count). The summed E-state index contributed by atoms with van der Waals surface area (Å²) >= 11 is 0. The highest BCUT2D eigenvalue weighted by Crippen LogP contribution is 2.69. The summed E-state index contributed by atoms with van der Waals surface area (Å²) in [5.74, 6) is 0.338. The Morgan fingerprint density at radius 3 is 2.78 bits per heavy atom. The zero-order valence-corrected chi connectivity index (χ0v) is 21.7.